The molecule has 3 atom stereocenters. The molecule has 2 heterocycles. The Kier molecular flexibility index (Phi) is 2.66. The van der Waals surface area contributed by atoms with Gasteiger partial charge in [-0.05, 0) is 30.7 Å². The molecule has 3 rings (SSSR count). The number of rotatable bonds is 2. The van der Waals surface area contributed by atoms with Crippen molar-refractivity contribution in [1.29, 1.82) is 0 Å². The zero-order chi connectivity index (χ0) is 12.7. The largest absolute Gasteiger partial charge is 0.356 e. The Morgan fingerprint density at radius 3 is 2.83 bits per heavy atom. The second-order valence-electron chi connectivity index (χ2n) is 5.20. The van der Waals surface area contributed by atoms with Gasteiger partial charge in [-0.25, -0.2) is 4.98 Å². The highest BCUT2D eigenvalue weighted by Crippen LogP contribution is 2.38. The van der Waals surface area contributed by atoms with Crippen LogP contribution in [0, 0.1) is 22.0 Å². The molecule has 0 radical (unpaired) electrons. The van der Waals surface area contributed by atoms with Crippen LogP contribution in [0.25, 0.3) is 0 Å². The SMILES string of the molecule is NC1CCC2CN(c3ccc([N+](=O)[O-])cn3)CC12. The summed E-state index contributed by atoms with van der Waals surface area (Å²) in [6, 6.07) is 3.54. The first-order valence-electron chi connectivity index (χ1n) is 6.26. The van der Waals surface area contributed by atoms with E-state index >= 15 is 0 Å². The zero-order valence-electron chi connectivity index (χ0n) is 10.0. The number of nitrogens with zero attached hydrogens (tertiary/aromatic N) is 3. The highest BCUT2D eigenvalue weighted by Gasteiger charge is 2.41. The van der Waals surface area contributed by atoms with Crippen molar-refractivity contribution in [3.8, 4) is 0 Å². The van der Waals surface area contributed by atoms with Crippen molar-refractivity contribution in [2.45, 2.75) is 18.9 Å². The number of nitrogens with two attached hydrogens (primary N) is 1. The number of hydrogen-bond donors (Lipinski definition) is 1. The fraction of sp³-hybridized carbons (Fsp3) is 0.583. The van der Waals surface area contributed by atoms with E-state index in [0.29, 0.717) is 17.9 Å². The van der Waals surface area contributed by atoms with Gasteiger partial charge in [0.2, 0.25) is 0 Å². The summed E-state index contributed by atoms with van der Waals surface area (Å²) in [6.07, 6.45) is 3.63. The maximum Gasteiger partial charge on any atom is 0.287 e. The van der Waals surface area contributed by atoms with E-state index in [-0.39, 0.29) is 5.69 Å². The molecule has 3 unspecified atom stereocenters. The summed E-state index contributed by atoms with van der Waals surface area (Å²) in [5.74, 6) is 2.04. The van der Waals surface area contributed by atoms with Crippen molar-refractivity contribution in [1.82, 2.24) is 4.98 Å². The third-order valence-electron chi connectivity index (χ3n) is 4.18. The van der Waals surface area contributed by atoms with Gasteiger partial charge in [0, 0.05) is 25.2 Å². The molecule has 0 bridgehead atoms. The minimum absolute atomic E-state index is 0.0369. The molecular formula is C12H16N4O2. The lowest BCUT2D eigenvalue weighted by molar-refractivity contribution is -0.385. The number of nitro groups is 1. The van der Waals surface area contributed by atoms with Crippen LogP contribution in [0.1, 0.15) is 12.8 Å². The van der Waals surface area contributed by atoms with Crippen molar-refractivity contribution < 1.29 is 4.92 Å². The van der Waals surface area contributed by atoms with Gasteiger partial charge >= 0.3 is 0 Å². The highest BCUT2D eigenvalue weighted by atomic mass is 16.6. The summed E-state index contributed by atoms with van der Waals surface area (Å²) in [4.78, 5) is 16.5. The molecule has 0 spiro atoms. The van der Waals surface area contributed by atoms with E-state index in [1.807, 2.05) is 0 Å². The molecule has 1 aromatic heterocycles. The fourth-order valence-electron chi connectivity index (χ4n) is 3.17. The van der Waals surface area contributed by atoms with E-state index in [0.717, 1.165) is 25.3 Å². The standard InChI is InChI=1S/C12H16N4O2/c13-11-3-1-8-6-15(7-10(8)11)12-4-2-9(5-14-12)16(17)18/h2,4-5,8,10-11H,1,3,6-7,13H2. The summed E-state index contributed by atoms with van der Waals surface area (Å²) in [5.41, 5.74) is 6.12. The summed E-state index contributed by atoms with van der Waals surface area (Å²) in [5, 5.41) is 10.6. The average molecular weight is 248 g/mol. The van der Waals surface area contributed by atoms with Crippen molar-refractivity contribution in [3.05, 3.63) is 28.4 Å². The number of aromatic nitrogens is 1. The maximum absolute atomic E-state index is 10.6. The number of hydrogen-bond acceptors (Lipinski definition) is 5. The predicted molar refractivity (Wildman–Crippen MR) is 67.3 cm³/mol. The van der Waals surface area contributed by atoms with Crippen LogP contribution in [0.3, 0.4) is 0 Å². The van der Waals surface area contributed by atoms with E-state index in [2.05, 4.69) is 9.88 Å². The fourth-order valence-corrected chi connectivity index (χ4v) is 3.17. The van der Waals surface area contributed by atoms with Crippen LogP contribution in [0.5, 0.6) is 0 Å². The van der Waals surface area contributed by atoms with Crippen LogP contribution in [-0.4, -0.2) is 29.0 Å². The summed E-state index contributed by atoms with van der Waals surface area (Å²) in [7, 11) is 0. The molecule has 1 aliphatic heterocycles. The molecule has 0 amide bonds. The van der Waals surface area contributed by atoms with Gasteiger partial charge in [-0.15, -0.1) is 0 Å². The second kappa shape index (κ2) is 4.20. The first-order chi connectivity index (χ1) is 8.65. The van der Waals surface area contributed by atoms with Crippen LogP contribution in [0.4, 0.5) is 11.5 Å². The molecule has 2 fully saturated rings. The molecule has 6 heteroatoms. The number of fused-ring (bicyclic) bond motifs is 1. The summed E-state index contributed by atoms with van der Waals surface area (Å²) >= 11 is 0. The number of pyridine rings is 1. The first-order valence-corrected chi connectivity index (χ1v) is 6.26. The van der Waals surface area contributed by atoms with Gasteiger partial charge < -0.3 is 10.6 Å². The Bertz CT molecular complexity index is 462. The van der Waals surface area contributed by atoms with Gasteiger partial charge in [0.15, 0.2) is 0 Å². The maximum atomic E-state index is 10.6. The molecule has 1 aromatic rings. The Labute approximate surface area is 105 Å². The lowest BCUT2D eigenvalue weighted by Gasteiger charge is -2.19. The smallest absolute Gasteiger partial charge is 0.287 e. The Hall–Kier alpha value is -1.69. The van der Waals surface area contributed by atoms with Crippen LogP contribution >= 0.6 is 0 Å². The average Bonchev–Trinajstić information content (AvgIpc) is 2.92. The molecule has 2 aliphatic rings. The third-order valence-corrected chi connectivity index (χ3v) is 4.18. The molecule has 0 aromatic carbocycles. The van der Waals surface area contributed by atoms with Crippen LogP contribution < -0.4 is 10.6 Å². The van der Waals surface area contributed by atoms with E-state index in [9.17, 15) is 10.1 Å². The van der Waals surface area contributed by atoms with Gasteiger partial charge in [-0.1, -0.05) is 0 Å². The van der Waals surface area contributed by atoms with E-state index in [4.69, 9.17) is 5.73 Å². The third kappa shape index (κ3) is 1.82. The van der Waals surface area contributed by atoms with Gasteiger partial charge in [0.1, 0.15) is 12.0 Å². The Morgan fingerprint density at radius 2 is 2.22 bits per heavy atom. The molecule has 18 heavy (non-hydrogen) atoms. The van der Waals surface area contributed by atoms with Crippen molar-refractivity contribution in [2.75, 3.05) is 18.0 Å². The summed E-state index contributed by atoms with van der Waals surface area (Å²) in [6.45, 7) is 1.90. The van der Waals surface area contributed by atoms with E-state index in [1.54, 1.807) is 6.07 Å². The zero-order valence-corrected chi connectivity index (χ0v) is 10.0. The highest BCUT2D eigenvalue weighted by molar-refractivity contribution is 5.44. The molecule has 2 N–H and O–H groups in total. The molecule has 96 valence electrons. The summed E-state index contributed by atoms with van der Waals surface area (Å²) < 4.78 is 0. The quantitative estimate of drug-likeness (QED) is 0.627. The Balaban J connectivity index is 1.75. The minimum Gasteiger partial charge on any atom is -0.356 e. The molecule has 1 saturated carbocycles. The topological polar surface area (TPSA) is 85.3 Å². The molecule has 6 nitrogen and oxygen atoms in total. The molecular weight excluding hydrogens is 232 g/mol. The van der Waals surface area contributed by atoms with Gasteiger partial charge in [-0.3, -0.25) is 10.1 Å². The second-order valence-corrected chi connectivity index (χ2v) is 5.20. The van der Waals surface area contributed by atoms with Crippen molar-refractivity contribution in [3.63, 3.8) is 0 Å². The van der Waals surface area contributed by atoms with Gasteiger partial charge in [-0.2, -0.15) is 0 Å². The van der Waals surface area contributed by atoms with Crippen LogP contribution in [0.15, 0.2) is 18.3 Å². The van der Waals surface area contributed by atoms with Crippen LogP contribution in [0.2, 0.25) is 0 Å². The lowest BCUT2D eigenvalue weighted by atomic mass is 9.98. The van der Waals surface area contributed by atoms with Gasteiger partial charge in [0.25, 0.3) is 5.69 Å². The Morgan fingerprint density at radius 1 is 1.39 bits per heavy atom. The normalized spacial score (nSPS) is 30.5. The van der Waals surface area contributed by atoms with Crippen molar-refractivity contribution in [2.24, 2.45) is 17.6 Å². The number of anilines is 1. The predicted octanol–water partition coefficient (Wildman–Crippen LogP) is 1.16. The first kappa shape index (κ1) is 11.4. The monoisotopic (exact) mass is 248 g/mol. The van der Waals surface area contributed by atoms with Crippen molar-refractivity contribution >= 4 is 11.5 Å². The minimum atomic E-state index is -0.425. The molecule has 1 saturated heterocycles. The lowest BCUT2D eigenvalue weighted by Crippen LogP contribution is -2.30. The molecule has 1 aliphatic carbocycles. The van der Waals surface area contributed by atoms with E-state index in [1.165, 1.54) is 18.7 Å². The van der Waals surface area contributed by atoms with Crippen LogP contribution in [-0.2, 0) is 0 Å². The van der Waals surface area contributed by atoms with Gasteiger partial charge in [0.05, 0.1) is 4.92 Å². The van der Waals surface area contributed by atoms with E-state index < -0.39 is 4.92 Å².